The van der Waals surface area contributed by atoms with Crippen molar-refractivity contribution in [3.05, 3.63) is 29.3 Å². The smallest absolute Gasteiger partial charge is 0.321 e. The highest BCUT2D eigenvalue weighted by Crippen LogP contribution is 2.16. The summed E-state index contributed by atoms with van der Waals surface area (Å²) in [4.78, 5) is 13.5. The van der Waals surface area contributed by atoms with E-state index in [0.29, 0.717) is 23.8 Å². The molecule has 16 heavy (non-hydrogen) atoms. The third kappa shape index (κ3) is 2.65. The number of likely N-dealkylation sites (tertiary alicyclic amines) is 1. The molecule has 0 unspecified atom stereocenters. The predicted molar refractivity (Wildman–Crippen MR) is 64.6 cm³/mol. The number of carbonyl (C=O) groups excluding carboxylic acids is 1. The summed E-state index contributed by atoms with van der Waals surface area (Å²) in [7, 11) is 0. The van der Waals surface area contributed by atoms with Gasteiger partial charge in [0.25, 0.3) is 0 Å². The van der Waals surface area contributed by atoms with Crippen LogP contribution < -0.4 is 11.1 Å². The molecule has 1 saturated heterocycles. The van der Waals surface area contributed by atoms with Gasteiger partial charge in [0.05, 0.1) is 0 Å². The number of hydrogen-bond acceptors (Lipinski definition) is 2. The predicted octanol–water partition coefficient (Wildman–Crippen LogP) is 1.90. The maximum absolute atomic E-state index is 11.8. The van der Waals surface area contributed by atoms with Crippen LogP contribution in [0.15, 0.2) is 24.3 Å². The first-order valence-electron chi connectivity index (χ1n) is 5.22. The molecule has 1 aromatic carbocycles. The van der Waals surface area contributed by atoms with Crippen molar-refractivity contribution in [3.63, 3.8) is 0 Å². The Morgan fingerprint density at radius 3 is 3.00 bits per heavy atom. The normalized spacial score (nSPS) is 19.9. The number of nitrogens with zero attached hydrogens (tertiary/aromatic N) is 1. The lowest BCUT2D eigenvalue weighted by Crippen LogP contribution is -2.35. The molecule has 1 atom stereocenters. The Bertz CT molecular complexity index is 397. The van der Waals surface area contributed by atoms with Crippen LogP contribution in [0.25, 0.3) is 0 Å². The Labute approximate surface area is 99.4 Å². The second-order valence-electron chi connectivity index (χ2n) is 3.94. The second kappa shape index (κ2) is 4.72. The van der Waals surface area contributed by atoms with Crippen LogP contribution in [0.4, 0.5) is 10.5 Å². The fraction of sp³-hybridized carbons (Fsp3) is 0.364. The van der Waals surface area contributed by atoms with E-state index in [1.165, 1.54) is 0 Å². The molecule has 1 fully saturated rings. The number of rotatable bonds is 1. The Hall–Kier alpha value is -1.26. The van der Waals surface area contributed by atoms with Crippen LogP contribution in [0.1, 0.15) is 6.42 Å². The van der Waals surface area contributed by atoms with Gasteiger partial charge in [-0.3, -0.25) is 0 Å². The fourth-order valence-electron chi connectivity index (χ4n) is 1.74. The molecule has 1 heterocycles. The van der Waals surface area contributed by atoms with Gasteiger partial charge in [-0.1, -0.05) is 17.7 Å². The van der Waals surface area contributed by atoms with Gasteiger partial charge in [0.1, 0.15) is 0 Å². The van der Waals surface area contributed by atoms with E-state index in [-0.39, 0.29) is 12.1 Å². The standard InChI is InChI=1S/C11H14ClN3O/c12-8-2-1-3-10(6-8)14-11(16)15-5-4-9(13)7-15/h1-3,6,9H,4-5,7,13H2,(H,14,16)/t9-/m1/s1. The number of anilines is 1. The molecule has 1 aliphatic rings. The lowest BCUT2D eigenvalue weighted by molar-refractivity contribution is 0.222. The van der Waals surface area contributed by atoms with Gasteiger partial charge < -0.3 is 16.0 Å². The zero-order valence-electron chi connectivity index (χ0n) is 8.82. The lowest BCUT2D eigenvalue weighted by atomic mass is 10.3. The van der Waals surface area contributed by atoms with E-state index in [2.05, 4.69) is 5.32 Å². The van der Waals surface area contributed by atoms with Gasteiger partial charge in [-0.2, -0.15) is 0 Å². The first kappa shape index (κ1) is 11.2. The number of amides is 2. The lowest BCUT2D eigenvalue weighted by Gasteiger charge is -2.16. The monoisotopic (exact) mass is 239 g/mol. The number of hydrogen-bond donors (Lipinski definition) is 2. The summed E-state index contributed by atoms with van der Waals surface area (Å²) < 4.78 is 0. The molecule has 0 saturated carbocycles. The molecule has 2 amide bonds. The Morgan fingerprint density at radius 2 is 2.38 bits per heavy atom. The van der Waals surface area contributed by atoms with Crippen molar-refractivity contribution < 1.29 is 4.79 Å². The van der Waals surface area contributed by atoms with Gasteiger partial charge in [-0.05, 0) is 24.6 Å². The minimum atomic E-state index is -0.116. The minimum absolute atomic E-state index is 0.102. The number of carbonyl (C=O) groups is 1. The molecule has 5 heteroatoms. The Morgan fingerprint density at radius 1 is 1.56 bits per heavy atom. The molecule has 0 aromatic heterocycles. The minimum Gasteiger partial charge on any atom is -0.326 e. The first-order valence-corrected chi connectivity index (χ1v) is 5.60. The summed E-state index contributed by atoms with van der Waals surface area (Å²) in [6.45, 7) is 1.33. The third-order valence-electron chi connectivity index (χ3n) is 2.59. The highest BCUT2D eigenvalue weighted by Gasteiger charge is 2.23. The summed E-state index contributed by atoms with van der Waals surface area (Å²) in [6, 6.07) is 7.08. The van der Waals surface area contributed by atoms with Crippen LogP contribution in [0, 0.1) is 0 Å². The van der Waals surface area contributed by atoms with Crippen molar-refractivity contribution in [1.29, 1.82) is 0 Å². The van der Waals surface area contributed by atoms with E-state index in [4.69, 9.17) is 17.3 Å². The van der Waals surface area contributed by atoms with Gasteiger partial charge in [0, 0.05) is 29.8 Å². The molecule has 2 rings (SSSR count). The van der Waals surface area contributed by atoms with Crippen LogP contribution in [0.2, 0.25) is 5.02 Å². The zero-order chi connectivity index (χ0) is 11.5. The van der Waals surface area contributed by atoms with E-state index in [0.717, 1.165) is 6.42 Å². The number of urea groups is 1. The molecule has 4 nitrogen and oxygen atoms in total. The quantitative estimate of drug-likeness (QED) is 0.787. The highest BCUT2D eigenvalue weighted by atomic mass is 35.5. The summed E-state index contributed by atoms with van der Waals surface area (Å²) in [6.07, 6.45) is 0.864. The summed E-state index contributed by atoms with van der Waals surface area (Å²) in [5.74, 6) is 0. The Balaban J connectivity index is 1.97. The molecular weight excluding hydrogens is 226 g/mol. The summed E-state index contributed by atoms with van der Waals surface area (Å²) in [5, 5.41) is 3.40. The first-order chi connectivity index (χ1) is 7.65. The van der Waals surface area contributed by atoms with Crippen LogP contribution in [-0.4, -0.2) is 30.1 Å². The van der Waals surface area contributed by atoms with Crippen LogP contribution >= 0.6 is 11.6 Å². The zero-order valence-corrected chi connectivity index (χ0v) is 9.57. The van der Waals surface area contributed by atoms with Crippen molar-refractivity contribution in [3.8, 4) is 0 Å². The van der Waals surface area contributed by atoms with E-state index in [9.17, 15) is 4.79 Å². The van der Waals surface area contributed by atoms with Crippen molar-refractivity contribution in [1.82, 2.24) is 4.90 Å². The van der Waals surface area contributed by atoms with E-state index in [1.54, 1.807) is 29.2 Å². The van der Waals surface area contributed by atoms with E-state index in [1.807, 2.05) is 0 Å². The summed E-state index contributed by atoms with van der Waals surface area (Å²) in [5.41, 5.74) is 6.44. The third-order valence-corrected chi connectivity index (χ3v) is 2.82. The molecular formula is C11H14ClN3O. The highest BCUT2D eigenvalue weighted by molar-refractivity contribution is 6.30. The van der Waals surface area contributed by atoms with Gasteiger partial charge in [-0.15, -0.1) is 0 Å². The van der Waals surface area contributed by atoms with Gasteiger partial charge >= 0.3 is 6.03 Å². The Kier molecular flexibility index (Phi) is 3.31. The fourth-order valence-corrected chi connectivity index (χ4v) is 1.93. The van der Waals surface area contributed by atoms with Crippen molar-refractivity contribution in [2.75, 3.05) is 18.4 Å². The SMILES string of the molecule is N[C@@H]1CCN(C(=O)Nc2cccc(Cl)c2)C1. The molecule has 0 bridgehead atoms. The largest absolute Gasteiger partial charge is 0.326 e. The molecule has 1 aliphatic heterocycles. The maximum atomic E-state index is 11.8. The van der Waals surface area contributed by atoms with Crippen molar-refractivity contribution in [2.24, 2.45) is 5.73 Å². The molecule has 0 spiro atoms. The summed E-state index contributed by atoms with van der Waals surface area (Å²) >= 11 is 5.83. The molecule has 1 aromatic rings. The van der Waals surface area contributed by atoms with E-state index >= 15 is 0 Å². The van der Waals surface area contributed by atoms with Gasteiger partial charge in [-0.25, -0.2) is 4.79 Å². The topological polar surface area (TPSA) is 58.4 Å². The average molecular weight is 240 g/mol. The van der Waals surface area contributed by atoms with Gasteiger partial charge in [0.2, 0.25) is 0 Å². The van der Waals surface area contributed by atoms with Crippen molar-refractivity contribution in [2.45, 2.75) is 12.5 Å². The van der Waals surface area contributed by atoms with Crippen LogP contribution in [0.5, 0.6) is 0 Å². The van der Waals surface area contributed by atoms with Crippen LogP contribution in [-0.2, 0) is 0 Å². The van der Waals surface area contributed by atoms with Crippen LogP contribution in [0.3, 0.4) is 0 Å². The van der Waals surface area contributed by atoms with Crippen molar-refractivity contribution >= 4 is 23.3 Å². The molecule has 3 N–H and O–H groups in total. The van der Waals surface area contributed by atoms with Gasteiger partial charge in [0.15, 0.2) is 0 Å². The number of nitrogens with two attached hydrogens (primary N) is 1. The molecule has 0 radical (unpaired) electrons. The molecule has 86 valence electrons. The number of nitrogens with one attached hydrogen (secondary N) is 1. The average Bonchev–Trinajstić information content (AvgIpc) is 2.65. The number of benzene rings is 1. The maximum Gasteiger partial charge on any atom is 0.321 e. The molecule has 0 aliphatic carbocycles. The van der Waals surface area contributed by atoms with E-state index < -0.39 is 0 Å². The number of halogens is 1. The second-order valence-corrected chi connectivity index (χ2v) is 4.37.